The first-order valence-electron chi connectivity index (χ1n) is 4.47. The van der Waals surface area contributed by atoms with E-state index in [2.05, 4.69) is 22.6 Å². The van der Waals surface area contributed by atoms with E-state index in [9.17, 15) is 9.59 Å². The molecule has 0 aliphatic rings. The lowest BCUT2D eigenvalue weighted by Gasteiger charge is -2.25. The molecule has 0 N–H and O–H groups in total. The van der Waals surface area contributed by atoms with E-state index in [1.54, 1.807) is 0 Å². The molecule has 0 aromatic heterocycles. The molecule has 0 aromatic carbocycles. The van der Waals surface area contributed by atoms with Crippen LogP contribution in [0.3, 0.4) is 0 Å². The molecule has 0 unspecified atom stereocenters. The van der Waals surface area contributed by atoms with Crippen molar-refractivity contribution in [2.75, 3.05) is 14.2 Å². The Morgan fingerprint density at radius 1 is 1.07 bits per heavy atom. The predicted octanol–water partition coefficient (Wildman–Crippen LogP) is 1.47. The van der Waals surface area contributed by atoms with E-state index in [-0.39, 0.29) is 12.8 Å². The molecule has 0 heterocycles. The molecule has 0 aliphatic heterocycles. The number of esters is 2. The van der Waals surface area contributed by atoms with Crippen molar-refractivity contribution in [3.8, 4) is 0 Å². The van der Waals surface area contributed by atoms with E-state index >= 15 is 0 Å². The Morgan fingerprint density at radius 2 is 1.40 bits per heavy atom. The Hall–Kier alpha value is -1.58. The molecule has 0 saturated carbocycles. The minimum atomic E-state index is -1.34. The molecule has 15 heavy (non-hydrogen) atoms. The lowest BCUT2D eigenvalue weighted by molar-refractivity contribution is -0.168. The van der Waals surface area contributed by atoms with Gasteiger partial charge in [0.15, 0.2) is 5.41 Å². The van der Waals surface area contributed by atoms with Crippen LogP contribution < -0.4 is 0 Å². The van der Waals surface area contributed by atoms with Gasteiger partial charge in [0.1, 0.15) is 0 Å². The zero-order valence-corrected chi connectivity index (χ0v) is 9.12. The van der Waals surface area contributed by atoms with Gasteiger partial charge >= 0.3 is 11.9 Å². The molecule has 0 rings (SSSR count). The van der Waals surface area contributed by atoms with Crippen molar-refractivity contribution in [3.63, 3.8) is 0 Å². The van der Waals surface area contributed by atoms with Crippen LogP contribution in [0.1, 0.15) is 12.8 Å². The smallest absolute Gasteiger partial charge is 0.323 e. The molecule has 0 aromatic rings. The summed E-state index contributed by atoms with van der Waals surface area (Å²) in [5.74, 6) is -1.26. The minimum Gasteiger partial charge on any atom is -0.468 e. The van der Waals surface area contributed by atoms with Crippen molar-refractivity contribution < 1.29 is 19.1 Å². The van der Waals surface area contributed by atoms with E-state index in [0.717, 1.165) is 0 Å². The van der Waals surface area contributed by atoms with Gasteiger partial charge in [-0.1, -0.05) is 12.2 Å². The highest BCUT2D eigenvalue weighted by Crippen LogP contribution is 2.31. The van der Waals surface area contributed by atoms with Crippen molar-refractivity contribution in [1.82, 2.24) is 0 Å². The van der Waals surface area contributed by atoms with Crippen LogP contribution in [0.4, 0.5) is 0 Å². The summed E-state index contributed by atoms with van der Waals surface area (Å²) in [5, 5.41) is 0. The molecule has 0 saturated heterocycles. The maximum atomic E-state index is 11.6. The summed E-state index contributed by atoms with van der Waals surface area (Å²) in [5.41, 5.74) is -1.34. The number of ether oxygens (including phenoxy) is 2. The quantitative estimate of drug-likeness (QED) is 0.292. The summed E-state index contributed by atoms with van der Waals surface area (Å²) >= 11 is 0. The molecule has 0 fully saturated rings. The highest BCUT2D eigenvalue weighted by molar-refractivity contribution is 6.00. The van der Waals surface area contributed by atoms with Crippen LogP contribution >= 0.6 is 0 Å². The number of hydrogen-bond acceptors (Lipinski definition) is 4. The Labute approximate surface area is 89.6 Å². The summed E-state index contributed by atoms with van der Waals surface area (Å²) in [6.07, 6.45) is 3.30. The second-order valence-electron chi connectivity index (χ2n) is 3.05. The molecule has 4 nitrogen and oxygen atoms in total. The standard InChI is InChI=1S/C11H16O4/c1-5-7-11(8-6-2,9(12)14-3)10(13)15-4/h5-6H,1-2,7-8H2,3-4H3/i1+1,2+1,7+1,8+1. The van der Waals surface area contributed by atoms with Crippen LogP contribution in [-0.2, 0) is 19.1 Å². The van der Waals surface area contributed by atoms with Gasteiger partial charge in [-0.2, -0.15) is 0 Å². The Bertz CT molecular complexity index is 240. The minimum absolute atomic E-state index is 0.165. The van der Waals surface area contributed by atoms with Crippen molar-refractivity contribution in [1.29, 1.82) is 0 Å². The number of methoxy groups -OCH3 is 2. The summed E-state index contributed by atoms with van der Waals surface area (Å²) < 4.78 is 9.22. The molecule has 0 spiro atoms. The maximum absolute atomic E-state index is 11.6. The third kappa shape index (κ3) is 2.68. The molecule has 0 radical (unpaired) electrons. The first kappa shape index (κ1) is 13.4. The van der Waals surface area contributed by atoms with Crippen LogP contribution in [0.2, 0.25) is 0 Å². The Kier molecular flexibility index (Phi) is 5.37. The van der Waals surface area contributed by atoms with Gasteiger partial charge in [0.2, 0.25) is 0 Å². The maximum Gasteiger partial charge on any atom is 0.323 e. The van der Waals surface area contributed by atoms with Gasteiger partial charge in [0.05, 0.1) is 14.2 Å². The lowest BCUT2D eigenvalue weighted by Crippen LogP contribution is -2.40. The zero-order chi connectivity index (χ0) is 11.9. The molecule has 4 heteroatoms. The van der Waals surface area contributed by atoms with Gasteiger partial charge in [-0.3, -0.25) is 9.59 Å². The fourth-order valence-electron chi connectivity index (χ4n) is 1.38. The molecule has 0 amide bonds. The van der Waals surface area contributed by atoms with E-state index < -0.39 is 17.4 Å². The second-order valence-corrected chi connectivity index (χ2v) is 3.05. The number of rotatable bonds is 6. The monoisotopic (exact) mass is 216 g/mol. The number of hydrogen-bond donors (Lipinski definition) is 0. The average Bonchev–Trinajstić information content (AvgIpc) is 2.26. The van der Waals surface area contributed by atoms with Crippen LogP contribution in [-0.4, -0.2) is 26.2 Å². The predicted molar refractivity (Wildman–Crippen MR) is 56.1 cm³/mol. The Balaban J connectivity index is 5.22. The molecule has 0 aliphatic carbocycles. The SMILES string of the molecule is COC(=O)C([13CH2]C=[13CH2])([13CH2]C=[13CH2])C(=O)OC. The van der Waals surface area contributed by atoms with E-state index in [4.69, 9.17) is 0 Å². The van der Waals surface area contributed by atoms with Gasteiger partial charge in [-0.05, 0) is 12.8 Å². The van der Waals surface area contributed by atoms with Crippen LogP contribution in [0.25, 0.3) is 0 Å². The largest absolute Gasteiger partial charge is 0.468 e. The lowest BCUT2D eigenvalue weighted by atomic mass is 10.0. The topological polar surface area (TPSA) is 52.6 Å². The van der Waals surface area contributed by atoms with Gasteiger partial charge in [0, 0.05) is 0 Å². The molecular formula is C11H16O4. The Morgan fingerprint density at radius 3 is 1.60 bits per heavy atom. The fraction of sp³-hybridized carbons (Fsp3) is 0.455. The summed E-state index contributed by atoms with van der Waals surface area (Å²) in [4.78, 5) is 23.2. The highest BCUT2D eigenvalue weighted by atomic mass is 16.5. The van der Waals surface area contributed by atoms with Crippen LogP contribution in [0.15, 0.2) is 25.3 Å². The third-order valence-corrected chi connectivity index (χ3v) is 2.14. The molecule has 0 atom stereocenters. The molecular weight excluding hydrogens is 200 g/mol. The first-order chi connectivity index (χ1) is 7.08. The van der Waals surface area contributed by atoms with Gasteiger partial charge < -0.3 is 9.47 Å². The summed E-state index contributed by atoms with van der Waals surface area (Å²) in [6.45, 7) is 7.02. The molecule has 0 bridgehead atoms. The van der Waals surface area contributed by atoms with Crippen LogP contribution in [0, 0.1) is 5.41 Å². The van der Waals surface area contributed by atoms with Crippen LogP contribution in [0.5, 0.6) is 0 Å². The van der Waals surface area contributed by atoms with E-state index in [1.807, 2.05) is 0 Å². The number of allylic oxidation sites excluding steroid dienone is 2. The average molecular weight is 216 g/mol. The summed E-state index contributed by atoms with van der Waals surface area (Å²) in [7, 11) is 2.46. The van der Waals surface area contributed by atoms with Gasteiger partial charge in [-0.15, -0.1) is 13.2 Å². The van der Waals surface area contributed by atoms with E-state index in [0.29, 0.717) is 0 Å². The second kappa shape index (κ2) is 6.01. The first-order valence-corrected chi connectivity index (χ1v) is 4.47. The highest BCUT2D eigenvalue weighted by Gasteiger charge is 2.46. The van der Waals surface area contributed by atoms with Crippen molar-refractivity contribution in [3.05, 3.63) is 25.3 Å². The van der Waals surface area contributed by atoms with E-state index in [1.165, 1.54) is 26.4 Å². The number of carbonyl (C=O) groups is 2. The van der Waals surface area contributed by atoms with Crippen molar-refractivity contribution in [2.24, 2.45) is 5.41 Å². The zero-order valence-electron chi connectivity index (χ0n) is 9.12. The number of carbonyl (C=O) groups excluding carboxylic acids is 2. The fourth-order valence-corrected chi connectivity index (χ4v) is 1.38. The van der Waals surface area contributed by atoms with Gasteiger partial charge in [0.25, 0.3) is 0 Å². The normalized spacial score (nSPS) is 10.3. The third-order valence-electron chi connectivity index (χ3n) is 2.14. The van der Waals surface area contributed by atoms with Gasteiger partial charge in [-0.25, -0.2) is 0 Å². The summed E-state index contributed by atoms with van der Waals surface area (Å²) in [6, 6.07) is 0. The van der Waals surface area contributed by atoms with Crippen molar-refractivity contribution in [2.45, 2.75) is 12.8 Å². The molecule has 84 valence electrons. The van der Waals surface area contributed by atoms with Crippen molar-refractivity contribution >= 4 is 11.9 Å².